The van der Waals surface area contributed by atoms with E-state index in [4.69, 9.17) is 18.0 Å². The maximum Gasteiger partial charge on any atom is 0.253 e. The van der Waals surface area contributed by atoms with Gasteiger partial charge in [0.1, 0.15) is 11.0 Å². The van der Waals surface area contributed by atoms with E-state index in [-0.39, 0.29) is 10.9 Å². The number of nitrogens with two attached hydrogens (primary N) is 1. The predicted molar refractivity (Wildman–Crippen MR) is 92.3 cm³/mol. The molecule has 0 aliphatic rings. The summed E-state index contributed by atoms with van der Waals surface area (Å²) >= 11 is 8.48. The van der Waals surface area contributed by atoms with E-state index in [1.54, 1.807) is 6.07 Å². The molecule has 3 N–H and O–H groups in total. The first-order valence-electron chi connectivity index (χ1n) is 6.40. The van der Waals surface area contributed by atoms with E-state index in [1.165, 1.54) is 0 Å². The highest BCUT2D eigenvalue weighted by atomic mass is 79.9. The fraction of sp³-hybridized carbons (Fsp3) is 0.125. The molecule has 0 saturated heterocycles. The van der Waals surface area contributed by atoms with Gasteiger partial charge in [-0.3, -0.25) is 4.79 Å². The third kappa shape index (κ3) is 3.89. The Morgan fingerprint density at radius 3 is 2.48 bits per heavy atom. The number of aryl methyl sites for hydroxylation is 1. The normalized spacial score (nSPS) is 11.7. The molecule has 3 nitrogen and oxygen atoms in total. The zero-order valence-electron chi connectivity index (χ0n) is 11.5. The fourth-order valence-corrected chi connectivity index (χ4v) is 2.85. The van der Waals surface area contributed by atoms with Crippen molar-refractivity contribution in [3.05, 3.63) is 69.7 Å². The number of carbonyl (C=O) groups is 1. The Bertz CT molecular complexity index is 673. The Labute approximate surface area is 137 Å². The summed E-state index contributed by atoms with van der Waals surface area (Å²) in [5.74, 6) is -0.219. The number of benzene rings is 2. The summed E-state index contributed by atoms with van der Waals surface area (Å²) in [5.41, 5.74) is 8.25. The van der Waals surface area contributed by atoms with Crippen molar-refractivity contribution in [3.8, 4) is 0 Å². The Balaban J connectivity index is 2.25. The van der Waals surface area contributed by atoms with Gasteiger partial charge in [0.25, 0.3) is 5.91 Å². The van der Waals surface area contributed by atoms with Crippen molar-refractivity contribution in [1.82, 2.24) is 5.32 Å². The monoisotopic (exact) mass is 362 g/mol. The van der Waals surface area contributed by atoms with Gasteiger partial charge < -0.3 is 11.1 Å². The first kappa shape index (κ1) is 15.7. The zero-order chi connectivity index (χ0) is 15.4. The minimum Gasteiger partial charge on any atom is -0.391 e. The molecule has 0 aliphatic heterocycles. The molecule has 5 heteroatoms. The number of nitrogens with one attached hydrogen (secondary N) is 1. The van der Waals surface area contributed by atoms with E-state index in [0.717, 1.165) is 15.6 Å². The van der Waals surface area contributed by atoms with Crippen molar-refractivity contribution in [2.75, 3.05) is 0 Å². The SMILES string of the molecule is Cc1ccc(C(=O)NC(C(N)=S)c2ccccc2)c(Br)c1. The van der Waals surface area contributed by atoms with Gasteiger partial charge in [-0.25, -0.2) is 0 Å². The van der Waals surface area contributed by atoms with Gasteiger partial charge in [0, 0.05) is 4.47 Å². The van der Waals surface area contributed by atoms with Crippen molar-refractivity contribution < 1.29 is 4.79 Å². The summed E-state index contributed by atoms with van der Waals surface area (Å²) in [6.07, 6.45) is 0. The number of thiocarbonyl (C=S) groups is 1. The van der Waals surface area contributed by atoms with Crippen molar-refractivity contribution >= 4 is 39.0 Å². The molecule has 108 valence electrons. The van der Waals surface area contributed by atoms with Gasteiger partial charge in [-0.1, -0.05) is 48.6 Å². The molecule has 21 heavy (non-hydrogen) atoms. The van der Waals surface area contributed by atoms with Gasteiger partial charge in [-0.15, -0.1) is 0 Å². The molecule has 0 saturated carbocycles. The zero-order valence-corrected chi connectivity index (χ0v) is 13.9. The Morgan fingerprint density at radius 2 is 1.90 bits per heavy atom. The van der Waals surface area contributed by atoms with E-state index >= 15 is 0 Å². The molecule has 0 spiro atoms. The molecule has 0 radical (unpaired) electrons. The van der Waals surface area contributed by atoms with Crippen LogP contribution in [0.3, 0.4) is 0 Å². The molecule has 0 bridgehead atoms. The smallest absolute Gasteiger partial charge is 0.253 e. The fourth-order valence-electron chi connectivity index (χ4n) is 1.98. The molecular weight excluding hydrogens is 348 g/mol. The van der Waals surface area contributed by atoms with Gasteiger partial charge in [0.15, 0.2) is 0 Å². The quantitative estimate of drug-likeness (QED) is 0.818. The lowest BCUT2D eigenvalue weighted by Crippen LogP contribution is -2.36. The number of amides is 1. The number of carbonyl (C=O) groups excluding carboxylic acids is 1. The maximum atomic E-state index is 12.4. The molecule has 1 atom stereocenters. The van der Waals surface area contributed by atoms with Crippen LogP contribution >= 0.6 is 28.1 Å². The molecule has 2 rings (SSSR count). The lowest BCUT2D eigenvalue weighted by Gasteiger charge is -2.18. The summed E-state index contributed by atoms with van der Waals surface area (Å²) in [4.78, 5) is 12.6. The van der Waals surface area contributed by atoms with E-state index in [0.29, 0.717) is 5.56 Å². The van der Waals surface area contributed by atoms with Crippen molar-refractivity contribution in [2.24, 2.45) is 5.73 Å². The molecule has 0 aromatic heterocycles. The maximum absolute atomic E-state index is 12.4. The topological polar surface area (TPSA) is 55.1 Å². The van der Waals surface area contributed by atoms with Crippen LogP contribution in [-0.2, 0) is 0 Å². The minimum atomic E-state index is -0.484. The van der Waals surface area contributed by atoms with Crippen LogP contribution in [0.4, 0.5) is 0 Å². The minimum absolute atomic E-state index is 0.219. The molecule has 0 aliphatic carbocycles. The molecule has 1 unspecified atom stereocenters. The lowest BCUT2D eigenvalue weighted by atomic mass is 10.1. The van der Waals surface area contributed by atoms with E-state index in [9.17, 15) is 4.79 Å². The first-order chi connectivity index (χ1) is 9.99. The van der Waals surface area contributed by atoms with Crippen LogP contribution in [0.25, 0.3) is 0 Å². The number of hydrogen-bond acceptors (Lipinski definition) is 2. The standard InChI is InChI=1S/C16H15BrN2OS/c1-10-7-8-12(13(17)9-10)16(20)19-14(15(18)21)11-5-3-2-4-6-11/h2-9,14H,1H3,(H2,18,21)(H,19,20). The van der Waals surface area contributed by atoms with Crippen LogP contribution in [0.5, 0.6) is 0 Å². The molecular formula is C16H15BrN2OS. The Kier molecular flexibility index (Phi) is 5.09. The van der Waals surface area contributed by atoms with Crippen LogP contribution < -0.4 is 11.1 Å². The number of hydrogen-bond donors (Lipinski definition) is 2. The van der Waals surface area contributed by atoms with E-state index < -0.39 is 6.04 Å². The molecule has 2 aromatic carbocycles. The highest BCUT2D eigenvalue weighted by molar-refractivity contribution is 9.10. The van der Waals surface area contributed by atoms with Gasteiger partial charge >= 0.3 is 0 Å². The Morgan fingerprint density at radius 1 is 1.24 bits per heavy atom. The van der Waals surface area contributed by atoms with E-state index in [1.807, 2.05) is 49.4 Å². The second-order valence-electron chi connectivity index (χ2n) is 4.70. The first-order valence-corrected chi connectivity index (χ1v) is 7.60. The van der Waals surface area contributed by atoms with Gasteiger partial charge in [0.05, 0.1) is 5.56 Å². The van der Waals surface area contributed by atoms with Crippen molar-refractivity contribution in [1.29, 1.82) is 0 Å². The second kappa shape index (κ2) is 6.83. The summed E-state index contributed by atoms with van der Waals surface area (Å²) in [5, 5.41) is 2.87. The summed E-state index contributed by atoms with van der Waals surface area (Å²) in [7, 11) is 0. The molecule has 1 amide bonds. The van der Waals surface area contributed by atoms with Crippen LogP contribution in [0.2, 0.25) is 0 Å². The van der Waals surface area contributed by atoms with Gasteiger partial charge in [-0.05, 0) is 46.1 Å². The van der Waals surface area contributed by atoms with Crippen LogP contribution in [0, 0.1) is 6.92 Å². The van der Waals surface area contributed by atoms with Gasteiger partial charge in [-0.2, -0.15) is 0 Å². The van der Waals surface area contributed by atoms with Crippen molar-refractivity contribution in [2.45, 2.75) is 13.0 Å². The average Bonchev–Trinajstić information content (AvgIpc) is 2.45. The number of rotatable bonds is 4. The second-order valence-corrected chi connectivity index (χ2v) is 6.03. The highest BCUT2D eigenvalue weighted by Gasteiger charge is 2.19. The largest absolute Gasteiger partial charge is 0.391 e. The summed E-state index contributed by atoms with van der Waals surface area (Å²) in [6, 6.07) is 14.5. The third-order valence-electron chi connectivity index (χ3n) is 3.06. The lowest BCUT2D eigenvalue weighted by molar-refractivity contribution is 0.0946. The molecule has 0 fully saturated rings. The van der Waals surface area contributed by atoms with Crippen LogP contribution in [-0.4, -0.2) is 10.9 Å². The average molecular weight is 363 g/mol. The highest BCUT2D eigenvalue weighted by Crippen LogP contribution is 2.20. The Hall–Kier alpha value is -1.72. The predicted octanol–water partition coefficient (Wildman–Crippen LogP) is 3.51. The van der Waals surface area contributed by atoms with Crippen LogP contribution in [0.15, 0.2) is 53.0 Å². The summed E-state index contributed by atoms with van der Waals surface area (Å²) < 4.78 is 0.745. The number of halogens is 1. The van der Waals surface area contributed by atoms with Crippen molar-refractivity contribution in [3.63, 3.8) is 0 Å². The summed E-state index contributed by atoms with van der Waals surface area (Å²) in [6.45, 7) is 1.97. The molecule has 2 aromatic rings. The third-order valence-corrected chi connectivity index (χ3v) is 3.95. The van der Waals surface area contributed by atoms with Gasteiger partial charge in [0.2, 0.25) is 0 Å². The molecule has 0 heterocycles. The van der Waals surface area contributed by atoms with E-state index in [2.05, 4.69) is 21.2 Å². The van der Waals surface area contributed by atoms with Crippen LogP contribution in [0.1, 0.15) is 27.5 Å².